The second-order valence-corrected chi connectivity index (χ2v) is 5.04. The van der Waals surface area contributed by atoms with E-state index >= 15 is 0 Å². The molecule has 1 unspecified atom stereocenters. The average Bonchev–Trinajstić information content (AvgIpc) is 2.88. The summed E-state index contributed by atoms with van der Waals surface area (Å²) in [4.78, 5) is 2.28. The monoisotopic (exact) mass is 258 g/mol. The molecular weight excluding hydrogens is 240 g/mol. The number of likely N-dealkylation sites (tertiary alicyclic amines) is 1. The molecule has 1 aliphatic rings. The van der Waals surface area contributed by atoms with Crippen LogP contribution >= 0.6 is 0 Å². The van der Waals surface area contributed by atoms with Crippen LogP contribution in [0.3, 0.4) is 0 Å². The fourth-order valence-electron chi connectivity index (χ4n) is 2.44. The molecular formula is C15H18N2O2. The normalized spacial score (nSPS) is 20.4. The van der Waals surface area contributed by atoms with Gasteiger partial charge in [0.2, 0.25) is 0 Å². The summed E-state index contributed by atoms with van der Waals surface area (Å²) in [5.74, 6) is 1.33. The maximum absolute atomic E-state index is 5.88. The Labute approximate surface area is 113 Å². The van der Waals surface area contributed by atoms with Gasteiger partial charge in [0.25, 0.3) is 5.88 Å². The number of aromatic nitrogens is 1. The van der Waals surface area contributed by atoms with Crippen molar-refractivity contribution in [1.29, 1.82) is 0 Å². The van der Waals surface area contributed by atoms with E-state index in [4.69, 9.17) is 9.26 Å². The van der Waals surface area contributed by atoms with Crippen LogP contribution in [0.2, 0.25) is 0 Å². The van der Waals surface area contributed by atoms with Gasteiger partial charge in [0.1, 0.15) is 6.10 Å². The summed E-state index contributed by atoms with van der Waals surface area (Å²) < 4.78 is 11.2. The van der Waals surface area contributed by atoms with E-state index < -0.39 is 0 Å². The molecule has 0 spiro atoms. The molecule has 1 fully saturated rings. The van der Waals surface area contributed by atoms with E-state index in [9.17, 15) is 0 Å². The average molecular weight is 258 g/mol. The SMILES string of the molecule is CN1CCCC(Oc2cc(-c3ccccc3)on2)C1. The lowest BCUT2D eigenvalue weighted by Gasteiger charge is -2.28. The molecule has 4 heteroatoms. The highest BCUT2D eigenvalue weighted by molar-refractivity contribution is 5.57. The van der Waals surface area contributed by atoms with Gasteiger partial charge in [-0.05, 0) is 31.6 Å². The van der Waals surface area contributed by atoms with Crippen molar-refractivity contribution in [2.24, 2.45) is 0 Å². The van der Waals surface area contributed by atoms with Gasteiger partial charge in [0.05, 0.1) is 0 Å². The van der Waals surface area contributed by atoms with Gasteiger partial charge in [-0.3, -0.25) is 0 Å². The molecule has 0 amide bonds. The summed E-state index contributed by atoms with van der Waals surface area (Å²) in [5, 5.41) is 4.00. The number of rotatable bonds is 3. The lowest BCUT2D eigenvalue weighted by molar-refractivity contribution is 0.0963. The Morgan fingerprint density at radius 2 is 2.16 bits per heavy atom. The van der Waals surface area contributed by atoms with Crippen molar-refractivity contribution < 1.29 is 9.26 Å². The summed E-state index contributed by atoms with van der Waals surface area (Å²) in [7, 11) is 2.12. The zero-order chi connectivity index (χ0) is 13.1. The van der Waals surface area contributed by atoms with E-state index in [1.807, 2.05) is 36.4 Å². The van der Waals surface area contributed by atoms with Crippen LogP contribution in [0.4, 0.5) is 0 Å². The zero-order valence-corrected chi connectivity index (χ0v) is 11.1. The first-order valence-electron chi connectivity index (χ1n) is 6.68. The maximum Gasteiger partial charge on any atom is 0.255 e. The Bertz CT molecular complexity index is 524. The van der Waals surface area contributed by atoms with Crippen molar-refractivity contribution in [3.05, 3.63) is 36.4 Å². The summed E-state index contributed by atoms with van der Waals surface area (Å²) in [6.07, 6.45) is 2.47. The van der Waals surface area contributed by atoms with E-state index in [1.165, 1.54) is 6.42 Å². The van der Waals surface area contributed by atoms with Gasteiger partial charge >= 0.3 is 0 Å². The molecule has 0 N–H and O–H groups in total. The summed E-state index contributed by atoms with van der Waals surface area (Å²) >= 11 is 0. The molecule has 0 saturated carbocycles. The number of benzene rings is 1. The minimum Gasteiger partial charge on any atom is -0.471 e. The van der Waals surface area contributed by atoms with Crippen LogP contribution in [-0.4, -0.2) is 36.3 Å². The van der Waals surface area contributed by atoms with Gasteiger partial charge in [-0.2, -0.15) is 0 Å². The zero-order valence-electron chi connectivity index (χ0n) is 11.1. The molecule has 0 aliphatic carbocycles. The highest BCUT2D eigenvalue weighted by atomic mass is 16.5. The molecule has 19 heavy (non-hydrogen) atoms. The molecule has 1 aromatic heterocycles. The van der Waals surface area contributed by atoms with Crippen LogP contribution in [0.15, 0.2) is 40.9 Å². The predicted octanol–water partition coefficient (Wildman–Crippen LogP) is 2.81. The lowest BCUT2D eigenvalue weighted by Crippen LogP contribution is -2.38. The van der Waals surface area contributed by atoms with Crippen LogP contribution in [0.25, 0.3) is 11.3 Å². The van der Waals surface area contributed by atoms with Gasteiger partial charge in [0.15, 0.2) is 5.76 Å². The van der Waals surface area contributed by atoms with E-state index in [2.05, 4.69) is 17.1 Å². The van der Waals surface area contributed by atoms with Crippen molar-refractivity contribution in [2.75, 3.05) is 20.1 Å². The van der Waals surface area contributed by atoms with E-state index in [0.717, 1.165) is 30.8 Å². The highest BCUT2D eigenvalue weighted by Crippen LogP contribution is 2.24. The van der Waals surface area contributed by atoms with Gasteiger partial charge in [-0.15, -0.1) is 0 Å². The van der Waals surface area contributed by atoms with Crippen molar-refractivity contribution in [3.63, 3.8) is 0 Å². The molecule has 100 valence electrons. The third kappa shape index (κ3) is 2.96. The van der Waals surface area contributed by atoms with E-state index in [-0.39, 0.29) is 6.10 Å². The molecule has 1 aliphatic heterocycles. The van der Waals surface area contributed by atoms with Crippen molar-refractivity contribution in [1.82, 2.24) is 10.1 Å². The van der Waals surface area contributed by atoms with Gasteiger partial charge in [-0.25, -0.2) is 0 Å². The van der Waals surface area contributed by atoms with E-state index in [1.54, 1.807) is 0 Å². The fraction of sp³-hybridized carbons (Fsp3) is 0.400. The molecule has 2 heterocycles. The second-order valence-electron chi connectivity index (χ2n) is 5.04. The Balaban J connectivity index is 1.68. The quantitative estimate of drug-likeness (QED) is 0.848. The first-order valence-corrected chi connectivity index (χ1v) is 6.68. The molecule has 2 aromatic rings. The third-order valence-corrected chi connectivity index (χ3v) is 3.42. The number of hydrogen-bond acceptors (Lipinski definition) is 4. The van der Waals surface area contributed by atoms with Crippen molar-refractivity contribution in [2.45, 2.75) is 18.9 Å². The first-order chi connectivity index (χ1) is 9.31. The van der Waals surface area contributed by atoms with E-state index in [0.29, 0.717) is 5.88 Å². The number of hydrogen-bond donors (Lipinski definition) is 0. The van der Waals surface area contributed by atoms with Crippen LogP contribution in [-0.2, 0) is 0 Å². The molecule has 1 aromatic carbocycles. The minimum atomic E-state index is 0.215. The molecule has 4 nitrogen and oxygen atoms in total. The first kappa shape index (κ1) is 12.2. The molecule has 0 radical (unpaired) electrons. The molecule has 1 saturated heterocycles. The Hall–Kier alpha value is -1.81. The summed E-state index contributed by atoms with van der Waals surface area (Å²) in [6.45, 7) is 2.10. The predicted molar refractivity (Wildman–Crippen MR) is 73.1 cm³/mol. The second kappa shape index (κ2) is 5.45. The summed E-state index contributed by atoms with van der Waals surface area (Å²) in [6, 6.07) is 11.8. The minimum absolute atomic E-state index is 0.215. The van der Waals surface area contributed by atoms with Crippen LogP contribution < -0.4 is 4.74 Å². The Kier molecular flexibility index (Phi) is 3.51. The standard InChI is InChI=1S/C15H18N2O2/c1-17-9-5-8-13(11-17)18-15-10-14(19-16-15)12-6-3-2-4-7-12/h2-4,6-7,10,13H,5,8-9,11H2,1H3. The number of likely N-dealkylation sites (N-methyl/N-ethyl adjacent to an activating group) is 1. The topological polar surface area (TPSA) is 38.5 Å². The highest BCUT2D eigenvalue weighted by Gasteiger charge is 2.20. The van der Waals surface area contributed by atoms with Gasteiger partial charge in [0, 0.05) is 18.2 Å². The van der Waals surface area contributed by atoms with Crippen LogP contribution in [0.5, 0.6) is 5.88 Å². The Morgan fingerprint density at radius 3 is 2.95 bits per heavy atom. The smallest absolute Gasteiger partial charge is 0.255 e. The van der Waals surface area contributed by atoms with Crippen molar-refractivity contribution in [3.8, 4) is 17.2 Å². The largest absolute Gasteiger partial charge is 0.471 e. The van der Waals surface area contributed by atoms with Crippen LogP contribution in [0.1, 0.15) is 12.8 Å². The molecule has 1 atom stereocenters. The number of piperidine rings is 1. The molecule has 3 rings (SSSR count). The third-order valence-electron chi connectivity index (χ3n) is 3.42. The molecule has 0 bridgehead atoms. The van der Waals surface area contributed by atoms with Gasteiger partial charge in [-0.1, -0.05) is 30.3 Å². The van der Waals surface area contributed by atoms with Gasteiger partial charge < -0.3 is 14.2 Å². The number of ether oxygens (including phenoxy) is 1. The lowest BCUT2D eigenvalue weighted by atomic mass is 10.1. The maximum atomic E-state index is 5.88. The number of nitrogens with zero attached hydrogens (tertiary/aromatic N) is 2. The van der Waals surface area contributed by atoms with Crippen LogP contribution in [0, 0.1) is 0 Å². The fourth-order valence-corrected chi connectivity index (χ4v) is 2.44. The van der Waals surface area contributed by atoms with Crippen molar-refractivity contribution >= 4 is 0 Å². The Morgan fingerprint density at radius 1 is 1.32 bits per heavy atom. The summed E-state index contributed by atoms with van der Waals surface area (Å²) in [5.41, 5.74) is 1.02.